The number of rotatable bonds is 3. The summed E-state index contributed by atoms with van der Waals surface area (Å²) in [6, 6.07) is 1.87. The predicted molar refractivity (Wildman–Crippen MR) is 52.8 cm³/mol. The van der Waals surface area contributed by atoms with E-state index in [0.717, 1.165) is 11.1 Å². The average molecular weight is 177 g/mol. The van der Waals surface area contributed by atoms with Crippen LogP contribution >= 0.6 is 0 Å². The maximum atomic E-state index is 11.6. The van der Waals surface area contributed by atoms with E-state index in [-0.39, 0.29) is 5.78 Å². The standard InChI is InChI=1S/C11H15NO/c1-8(2)6-11(13)10-7-12-5-4-9(10)3/h4-5,7-8H,6H2,1-3H3. The number of hydrogen-bond acceptors (Lipinski definition) is 2. The molecule has 0 atom stereocenters. The molecule has 2 nitrogen and oxygen atoms in total. The Balaban J connectivity index is 2.83. The van der Waals surface area contributed by atoms with E-state index in [1.165, 1.54) is 0 Å². The van der Waals surface area contributed by atoms with Gasteiger partial charge in [-0.2, -0.15) is 0 Å². The van der Waals surface area contributed by atoms with Gasteiger partial charge < -0.3 is 0 Å². The van der Waals surface area contributed by atoms with Crippen LogP contribution in [0, 0.1) is 12.8 Å². The van der Waals surface area contributed by atoms with E-state index in [2.05, 4.69) is 4.98 Å². The van der Waals surface area contributed by atoms with E-state index in [4.69, 9.17) is 0 Å². The first-order valence-electron chi connectivity index (χ1n) is 4.55. The third-order valence-electron chi connectivity index (χ3n) is 1.93. The van der Waals surface area contributed by atoms with Gasteiger partial charge in [0.15, 0.2) is 5.78 Å². The third-order valence-corrected chi connectivity index (χ3v) is 1.93. The fourth-order valence-electron chi connectivity index (χ4n) is 1.24. The number of carbonyl (C=O) groups excluding carboxylic acids is 1. The quantitative estimate of drug-likeness (QED) is 0.664. The van der Waals surface area contributed by atoms with Crippen LogP contribution in [0.3, 0.4) is 0 Å². The molecule has 0 aliphatic heterocycles. The maximum Gasteiger partial charge on any atom is 0.164 e. The first-order valence-corrected chi connectivity index (χ1v) is 4.55. The molecule has 0 amide bonds. The van der Waals surface area contributed by atoms with Crippen LogP contribution in [0.5, 0.6) is 0 Å². The lowest BCUT2D eigenvalue weighted by Crippen LogP contribution is -2.05. The Labute approximate surface area is 79.0 Å². The van der Waals surface area contributed by atoms with Crippen molar-refractivity contribution in [1.29, 1.82) is 0 Å². The topological polar surface area (TPSA) is 30.0 Å². The highest BCUT2D eigenvalue weighted by Crippen LogP contribution is 2.11. The first kappa shape index (κ1) is 9.90. The van der Waals surface area contributed by atoms with Crippen molar-refractivity contribution in [2.45, 2.75) is 27.2 Å². The fraction of sp³-hybridized carbons (Fsp3) is 0.455. The number of pyridine rings is 1. The molecule has 0 aliphatic carbocycles. The molecule has 1 rings (SSSR count). The number of carbonyl (C=O) groups is 1. The van der Waals surface area contributed by atoms with Gasteiger partial charge in [-0.3, -0.25) is 9.78 Å². The molecule has 0 aliphatic rings. The lowest BCUT2D eigenvalue weighted by molar-refractivity contribution is 0.0967. The number of nitrogens with zero attached hydrogens (tertiary/aromatic N) is 1. The molecule has 1 aromatic heterocycles. The minimum absolute atomic E-state index is 0.195. The van der Waals surface area contributed by atoms with Crippen LogP contribution in [0.15, 0.2) is 18.5 Å². The Morgan fingerprint density at radius 1 is 1.54 bits per heavy atom. The Bertz CT molecular complexity index is 305. The number of Topliss-reactive ketones (excluding diaryl/α,β-unsaturated/α-hetero) is 1. The number of hydrogen-bond donors (Lipinski definition) is 0. The molecule has 0 fully saturated rings. The van der Waals surface area contributed by atoms with Gasteiger partial charge in [0.1, 0.15) is 0 Å². The largest absolute Gasteiger partial charge is 0.294 e. The maximum absolute atomic E-state index is 11.6. The van der Waals surface area contributed by atoms with Crippen molar-refractivity contribution >= 4 is 5.78 Å². The molecule has 70 valence electrons. The molecule has 0 radical (unpaired) electrons. The van der Waals surface area contributed by atoms with Crippen LogP contribution in [0.4, 0.5) is 0 Å². The third kappa shape index (κ3) is 2.65. The van der Waals surface area contributed by atoms with Crippen LogP contribution in [0.1, 0.15) is 36.2 Å². The predicted octanol–water partition coefficient (Wildman–Crippen LogP) is 2.62. The van der Waals surface area contributed by atoms with Gasteiger partial charge >= 0.3 is 0 Å². The molecule has 13 heavy (non-hydrogen) atoms. The van der Waals surface area contributed by atoms with Gasteiger partial charge in [-0.25, -0.2) is 0 Å². The van der Waals surface area contributed by atoms with Crippen molar-refractivity contribution in [3.63, 3.8) is 0 Å². The van der Waals surface area contributed by atoms with Gasteiger partial charge in [-0.15, -0.1) is 0 Å². The zero-order chi connectivity index (χ0) is 9.84. The lowest BCUT2D eigenvalue weighted by Gasteiger charge is -2.05. The van der Waals surface area contributed by atoms with Gasteiger partial charge in [0.05, 0.1) is 0 Å². The van der Waals surface area contributed by atoms with E-state index >= 15 is 0 Å². The second kappa shape index (κ2) is 4.17. The van der Waals surface area contributed by atoms with E-state index in [1.54, 1.807) is 12.4 Å². The van der Waals surface area contributed by atoms with Crippen molar-refractivity contribution in [2.24, 2.45) is 5.92 Å². The average Bonchev–Trinajstić information content (AvgIpc) is 2.03. The van der Waals surface area contributed by atoms with Crippen molar-refractivity contribution < 1.29 is 4.79 Å². The summed E-state index contributed by atoms with van der Waals surface area (Å²) < 4.78 is 0. The monoisotopic (exact) mass is 177 g/mol. The zero-order valence-corrected chi connectivity index (χ0v) is 8.37. The minimum Gasteiger partial charge on any atom is -0.294 e. The second-order valence-electron chi connectivity index (χ2n) is 3.71. The van der Waals surface area contributed by atoms with Gasteiger partial charge in [-0.05, 0) is 24.5 Å². The summed E-state index contributed by atoms with van der Waals surface area (Å²) in [5.41, 5.74) is 1.77. The number of ketones is 1. The Hall–Kier alpha value is -1.18. The van der Waals surface area contributed by atoms with Crippen molar-refractivity contribution in [1.82, 2.24) is 4.98 Å². The van der Waals surface area contributed by atoms with Crippen LogP contribution in [-0.2, 0) is 0 Å². The molecule has 0 unspecified atom stereocenters. The highest BCUT2D eigenvalue weighted by Gasteiger charge is 2.10. The Morgan fingerprint density at radius 3 is 2.77 bits per heavy atom. The van der Waals surface area contributed by atoms with Crippen molar-refractivity contribution in [3.05, 3.63) is 29.6 Å². The van der Waals surface area contributed by atoms with Gasteiger partial charge in [0.2, 0.25) is 0 Å². The summed E-state index contributed by atoms with van der Waals surface area (Å²) >= 11 is 0. The van der Waals surface area contributed by atoms with E-state index in [9.17, 15) is 4.79 Å². The normalized spacial score (nSPS) is 10.5. The summed E-state index contributed by atoms with van der Waals surface area (Å²) in [7, 11) is 0. The zero-order valence-electron chi connectivity index (χ0n) is 8.37. The van der Waals surface area contributed by atoms with Crippen LogP contribution < -0.4 is 0 Å². The SMILES string of the molecule is Cc1ccncc1C(=O)CC(C)C. The summed E-state index contributed by atoms with van der Waals surface area (Å²) in [6.45, 7) is 6.03. The van der Waals surface area contributed by atoms with Crippen molar-refractivity contribution in [3.8, 4) is 0 Å². The Kier molecular flexibility index (Phi) is 3.18. The highest BCUT2D eigenvalue weighted by atomic mass is 16.1. The number of aryl methyl sites for hydroxylation is 1. The second-order valence-corrected chi connectivity index (χ2v) is 3.71. The molecular weight excluding hydrogens is 162 g/mol. The van der Waals surface area contributed by atoms with Gasteiger partial charge in [0.25, 0.3) is 0 Å². The molecule has 0 bridgehead atoms. The first-order chi connectivity index (χ1) is 6.11. The van der Waals surface area contributed by atoms with Gasteiger partial charge in [-0.1, -0.05) is 13.8 Å². The summed E-state index contributed by atoms with van der Waals surface area (Å²) in [5.74, 6) is 0.604. The molecular formula is C11H15NO. The fourth-order valence-corrected chi connectivity index (χ4v) is 1.24. The van der Waals surface area contributed by atoms with E-state index in [1.807, 2.05) is 26.8 Å². The van der Waals surface area contributed by atoms with E-state index < -0.39 is 0 Å². The van der Waals surface area contributed by atoms with E-state index in [0.29, 0.717) is 12.3 Å². The van der Waals surface area contributed by atoms with Crippen LogP contribution in [0.2, 0.25) is 0 Å². The minimum atomic E-state index is 0.195. The summed E-state index contributed by atoms with van der Waals surface area (Å²) in [4.78, 5) is 15.6. The Morgan fingerprint density at radius 2 is 2.23 bits per heavy atom. The molecule has 1 heterocycles. The molecule has 0 N–H and O–H groups in total. The molecule has 0 saturated heterocycles. The molecule has 0 spiro atoms. The summed E-state index contributed by atoms with van der Waals surface area (Å²) in [5, 5.41) is 0. The smallest absolute Gasteiger partial charge is 0.164 e. The van der Waals surface area contributed by atoms with Crippen LogP contribution in [0.25, 0.3) is 0 Å². The molecule has 0 saturated carbocycles. The van der Waals surface area contributed by atoms with Crippen LogP contribution in [-0.4, -0.2) is 10.8 Å². The summed E-state index contributed by atoms with van der Waals surface area (Å²) in [6.07, 6.45) is 3.97. The van der Waals surface area contributed by atoms with Gasteiger partial charge in [0, 0.05) is 24.4 Å². The molecule has 0 aromatic carbocycles. The molecule has 1 aromatic rings. The lowest BCUT2D eigenvalue weighted by atomic mass is 10.00. The number of aromatic nitrogens is 1. The highest BCUT2D eigenvalue weighted by molar-refractivity contribution is 5.97. The van der Waals surface area contributed by atoms with Crippen molar-refractivity contribution in [2.75, 3.05) is 0 Å². The molecule has 2 heteroatoms.